The minimum Gasteiger partial charge on any atom is -0.409 e. The second kappa shape index (κ2) is 11.0. The van der Waals surface area contributed by atoms with Gasteiger partial charge in [-0.2, -0.15) is 9.57 Å². The van der Waals surface area contributed by atoms with E-state index in [1.165, 1.54) is 19.2 Å². The first kappa shape index (κ1) is 26.3. The van der Waals surface area contributed by atoms with Crippen LogP contribution in [0, 0.1) is 17.1 Å². The Bertz CT molecular complexity index is 1450. The van der Waals surface area contributed by atoms with E-state index in [2.05, 4.69) is 10.5 Å². The van der Waals surface area contributed by atoms with Crippen LogP contribution in [-0.4, -0.2) is 49.0 Å². The highest BCUT2D eigenvalue weighted by Gasteiger charge is 2.29. The van der Waals surface area contributed by atoms with E-state index >= 15 is 0 Å². The number of nitrogens with one attached hydrogen (secondary N) is 1. The Kier molecular flexibility index (Phi) is 8.03. The summed E-state index contributed by atoms with van der Waals surface area (Å²) < 4.78 is 39.4. The largest absolute Gasteiger partial charge is 0.409 e. The van der Waals surface area contributed by atoms with Gasteiger partial charge in [0.05, 0.1) is 11.8 Å². The summed E-state index contributed by atoms with van der Waals surface area (Å²) in [6.45, 7) is 0. The number of nitriles is 1. The van der Waals surface area contributed by atoms with Gasteiger partial charge in [-0.3, -0.25) is 4.79 Å². The molecular weight excluding hydrogens is 485 g/mol. The summed E-state index contributed by atoms with van der Waals surface area (Å²) in [6, 6.07) is 18.1. The predicted octanol–water partition coefficient (Wildman–Crippen LogP) is 2.90. The van der Waals surface area contributed by atoms with Crippen LogP contribution in [0.25, 0.3) is 11.1 Å². The molecule has 3 aromatic carbocycles. The molecule has 0 saturated carbocycles. The van der Waals surface area contributed by atoms with Gasteiger partial charge in [-0.15, -0.1) is 0 Å². The third-order valence-electron chi connectivity index (χ3n) is 5.61. The fourth-order valence-corrected chi connectivity index (χ4v) is 4.23. The summed E-state index contributed by atoms with van der Waals surface area (Å²) in [5.41, 5.74) is 7.95. The van der Waals surface area contributed by atoms with Crippen molar-refractivity contribution in [3.8, 4) is 17.2 Å². The van der Waals surface area contributed by atoms with Crippen molar-refractivity contribution < 1.29 is 22.8 Å². The molecule has 0 fully saturated rings. The molecule has 1 amide bonds. The molecule has 186 valence electrons. The van der Waals surface area contributed by atoms with Crippen LogP contribution < -0.4 is 11.1 Å². The number of carbonyl (C=O) groups is 1. The Morgan fingerprint density at radius 2 is 1.86 bits per heavy atom. The number of rotatable bonds is 8. The normalized spacial score (nSPS) is 12.7. The van der Waals surface area contributed by atoms with Crippen LogP contribution in [-0.2, 0) is 21.2 Å². The quantitative estimate of drug-likeness (QED) is 0.184. The van der Waals surface area contributed by atoms with Crippen LogP contribution in [0.1, 0.15) is 16.7 Å². The monoisotopic (exact) mass is 509 g/mol. The number of amides is 1. The summed E-state index contributed by atoms with van der Waals surface area (Å²) in [5, 5.41) is 23.9. The molecule has 0 aliphatic rings. The van der Waals surface area contributed by atoms with Crippen LogP contribution in [0.2, 0.25) is 0 Å². The van der Waals surface area contributed by atoms with Crippen LogP contribution in [0.3, 0.4) is 0 Å². The van der Waals surface area contributed by atoms with Crippen LogP contribution in [0.4, 0.5) is 10.1 Å². The molecule has 0 heterocycles. The van der Waals surface area contributed by atoms with Gasteiger partial charge in [-0.25, -0.2) is 12.8 Å². The molecule has 0 bridgehead atoms. The van der Waals surface area contributed by atoms with Gasteiger partial charge in [0.15, 0.2) is 5.84 Å². The molecule has 1 unspecified atom stereocenters. The number of oxime groups is 1. The van der Waals surface area contributed by atoms with Crippen molar-refractivity contribution in [2.24, 2.45) is 10.9 Å². The second-order valence-electron chi connectivity index (χ2n) is 8.03. The molecule has 11 heteroatoms. The molecule has 0 saturated heterocycles. The lowest BCUT2D eigenvalue weighted by Gasteiger charge is -2.25. The summed E-state index contributed by atoms with van der Waals surface area (Å²) in [7, 11) is -2.42. The average molecular weight is 510 g/mol. The highest BCUT2D eigenvalue weighted by molar-refractivity contribution is 7.88. The van der Waals surface area contributed by atoms with Crippen LogP contribution in [0.5, 0.6) is 0 Å². The van der Waals surface area contributed by atoms with Crippen LogP contribution in [0.15, 0.2) is 71.9 Å². The second-order valence-corrected chi connectivity index (χ2v) is 10.1. The Balaban J connectivity index is 1.87. The van der Waals surface area contributed by atoms with Crippen molar-refractivity contribution in [2.45, 2.75) is 12.5 Å². The summed E-state index contributed by atoms with van der Waals surface area (Å²) in [5.74, 6) is -1.32. The Morgan fingerprint density at radius 3 is 2.47 bits per heavy atom. The van der Waals surface area contributed by atoms with E-state index in [9.17, 15) is 22.9 Å². The maximum atomic E-state index is 14.0. The van der Waals surface area contributed by atoms with Gasteiger partial charge < -0.3 is 16.3 Å². The number of likely N-dealkylation sites (N-methyl/N-ethyl adjacent to an activating group) is 1. The fourth-order valence-electron chi connectivity index (χ4n) is 3.59. The van der Waals surface area contributed by atoms with Crippen molar-refractivity contribution in [3.63, 3.8) is 0 Å². The molecule has 3 aromatic rings. The van der Waals surface area contributed by atoms with Gasteiger partial charge in [0.25, 0.3) is 0 Å². The summed E-state index contributed by atoms with van der Waals surface area (Å²) >= 11 is 0. The highest BCUT2D eigenvalue weighted by atomic mass is 32.2. The molecule has 9 nitrogen and oxygen atoms in total. The third kappa shape index (κ3) is 6.04. The number of nitrogens with two attached hydrogens (primary N) is 1. The van der Waals surface area contributed by atoms with Gasteiger partial charge in [-0.1, -0.05) is 47.6 Å². The summed E-state index contributed by atoms with van der Waals surface area (Å²) in [4.78, 5) is 13.2. The van der Waals surface area contributed by atoms with Gasteiger partial charge in [0.2, 0.25) is 15.9 Å². The van der Waals surface area contributed by atoms with Gasteiger partial charge in [-0.05, 0) is 41.8 Å². The zero-order valence-corrected chi connectivity index (χ0v) is 20.3. The lowest BCUT2D eigenvalue weighted by Crippen LogP contribution is -2.46. The van der Waals surface area contributed by atoms with Crippen molar-refractivity contribution in [2.75, 3.05) is 18.6 Å². The van der Waals surface area contributed by atoms with E-state index in [0.717, 1.165) is 10.6 Å². The molecule has 3 rings (SSSR count). The maximum Gasteiger partial charge on any atom is 0.243 e. The lowest BCUT2D eigenvalue weighted by atomic mass is 9.99. The number of anilines is 1. The maximum absolute atomic E-state index is 14.0. The van der Waals surface area contributed by atoms with Crippen molar-refractivity contribution in [1.29, 1.82) is 5.26 Å². The molecule has 0 spiro atoms. The number of halogens is 1. The number of hydrogen-bond donors (Lipinski definition) is 3. The first-order chi connectivity index (χ1) is 17.0. The van der Waals surface area contributed by atoms with E-state index in [1.807, 2.05) is 6.07 Å². The highest BCUT2D eigenvalue weighted by Crippen LogP contribution is 2.26. The average Bonchev–Trinajstić information content (AvgIpc) is 2.86. The van der Waals surface area contributed by atoms with E-state index in [1.54, 1.807) is 54.6 Å². The lowest BCUT2D eigenvalue weighted by molar-refractivity contribution is -0.119. The van der Waals surface area contributed by atoms with E-state index in [-0.39, 0.29) is 17.8 Å². The molecule has 0 radical (unpaired) electrons. The van der Waals surface area contributed by atoms with Crippen molar-refractivity contribution in [3.05, 3.63) is 89.2 Å². The number of amidine groups is 1. The van der Waals surface area contributed by atoms with Crippen molar-refractivity contribution in [1.82, 2.24) is 4.31 Å². The van der Waals surface area contributed by atoms with E-state index in [4.69, 9.17) is 10.9 Å². The Labute approximate surface area is 208 Å². The Morgan fingerprint density at radius 1 is 1.19 bits per heavy atom. The Hall–Kier alpha value is -4.27. The first-order valence-electron chi connectivity index (χ1n) is 10.6. The smallest absolute Gasteiger partial charge is 0.243 e. The predicted molar refractivity (Wildman–Crippen MR) is 134 cm³/mol. The molecule has 0 aliphatic heterocycles. The number of sulfonamides is 1. The first-order valence-corrected chi connectivity index (χ1v) is 12.5. The third-order valence-corrected chi connectivity index (χ3v) is 6.91. The number of carbonyl (C=O) groups excluding carboxylic acids is 1. The fraction of sp³-hybridized carbons (Fsp3) is 0.160. The topological polar surface area (TPSA) is 149 Å². The molecule has 0 aromatic heterocycles. The molecule has 0 aliphatic carbocycles. The van der Waals surface area contributed by atoms with Gasteiger partial charge in [0, 0.05) is 23.9 Å². The van der Waals surface area contributed by atoms with E-state index in [0.29, 0.717) is 27.9 Å². The van der Waals surface area contributed by atoms with Crippen LogP contribution >= 0.6 is 0 Å². The zero-order chi connectivity index (χ0) is 26.5. The number of nitrogens with zero attached hydrogens (tertiary/aromatic N) is 3. The SMILES string of the molecule is CN(C(Cc1cccc(/C(N)=N/O)c1)C(=O)Nc1ccc(-c2cccc(F)c2C#N)cc1)S(C)(=O)=O. The van der Waals surface area contributed by atoms with Crippen molar-refractivity contribution >= 4 is 27.5 Å². The number of benzene rings is 3. The number of hydrogen-bond acceptors (Lipinski definition) is 6. The zero-order valence-electron chi connectivity index (χ0n) is 19.5. The summed E-state index contributed by atoms with van der Waals surface area (Å²) in [6.07, 6.45) is 1.02. The van der Waals surface area contributed by atoms with Gasteiger partial charge >= 0.3 is 0 Å². The molecule has 4 N–H and O–H groups in total. The minimum atomic E-state index is -3.73. The standard InChI is InChI=1S/C25H24FN5O4S/c1-31(36(2,34)35)23(14-16-5-3-6-18(13-16)24(28)30-33)25(32)29-19-11-9-17(10-12-19)20-7-4-8-22(26)21(20)15-27/h3-13,23,33H,14H2,1-2H3,(H2,28,30)(H,29,32). The molecular formula is C25H24FN5O4S. The minimum absolute atomic E-state index is 0.0227. The molecule has 1 atom stereocenters. The van der Waals surface area contributed by atoms with E-state index < -0.39 is 27.8 Å². The molecule has 36 heavy (non-hydrogen) atoms. The van der Waals surface area contributed by atoms with Gasteiger partial charge in [0.1, 0.15) is 17.9 Å².